The zero-order valence-electron chi connectivity index (χ0n) is 9.48. The molecule has 0 fully saturated rings. The van der Waals surface area contributed by atoms with E-state index < -0.39 is 0 Å². The van der Waals surface area contributed by atoms with Crippen molar-refractivity contribution in [3.05, 3.63) is 30.7 Å². The number of rotatable bonds is 2. The number of hydrogen-bond donors (Lipinski definition) is 1. The number of aromatic nitrogens is 6. The molecule has 0 saturated carbocycles. The molecule has 90 valence electrons. The number of thiocarbonyl (C=S) groups is 1. The van der Waals surface area contributed by atoms with Gasteiger partial charge in [-0.1, -0.05) is 12.2 Å². The van der Waals surface area contributed by atoms with Crippen LogP contribution in [-0.2, 0) is 7.05 Å². The predicted molar refractivity (Wildman–Crippen MR) is 69.3 cm³/mol. The van der Waals surface area contributed by atoms with Crippen molar-refractivity contribution < 1.29 is 0 Å². The third-order valence-corrected chi connectivity index (χ3v) is 2.74. The van der Waals surface area contributed by atoms with Crippen LogP contribution in [0.15, 0.2) is 24.9 Å². The Labute approximate surface area is 107 Å². The van der Waals surface area contributed by atoms with Crippen molar-refractivity contribution in [1.29, 1.82) is 0 Å². The number of hydrogen-bond acceptors (Lipinski definition) is 5. The zero-order valence-corrected chi connectivity index (χ0v) is 10.3. The number of aryl methyl sites for hydroxylation is 1. The molecule has 0 unspecified atom stereocenters. The van der Waals surface area contributed by atoms with Gasteiger partial charge in [0.2, 0.25) is 5.82 Å². The molecule has 0 atom stereocenters. The van der Waals surface area contributed by atoms with Gasteiger partial charge in [-0.25, -0.2) is 15.0 Å². The molecule has 3 aromatic heterocycles. The Morgan fingerprint density at radius 1 is 1.28 bits per heavy atom. The first kappa shape index (κ1) is 10.8. The van der Waals surface area contributed by atoms with Crippen molar-refractivity contribution >= 4 is 28.2 Å². The lowest BCUT2D eigenvalue weighted by Crippen LogP contribution is -2.12. The summed E-state index contributed by atoms with van der Waals surface area (Å²) in [7, 11) is 1.92. The third-order valence-electron chi connectivity index (χ3n) is 2.55. The van der Waals surface area contributed by atoms with Gasteiger partial charge in [-0.3, -0.25) is 0 Å². The Balaban J connectivity index is 2.21. The summed E-state index contributed by atoms with van der Waals surface area (Å²) in [6, 6.07) is 1.89. The maximum absolute atomic E-state index is 5.47. The van der Waals surface area contributed by atoms with Gasteiger partial charge >= 0.3 is 0 Å². The van der Waals surface area contributed by atoms with Crippen molar-refractivity contribution in [2.24, 2.45) is 12.8 Å². The average Bonchev–Trinajstić information content (AvgIpc) is 2.97. The minimum Gasteiger partial charge on any atom is -0.387 e. The molecular formula is C10H9N7S. The second-order valence-electron chi connectivity index (χ2n) is 3.73. The molecule has 0 aromatic carbocycles. The van der Waals surface area contributed by atoms with Crippen LogP contribution in [0.2, 0.25) is 0 Å². The molecule has 0 bridgehead atoms. The van der Waals surface area contributed by atoms with Crippen molar-refractivity contribution in [3.8, 4) is 5.82 Å². The third kappa shape index (κ3) is 1.54. The van der Waals surface area contributed by atoms with Gasteiger partial charge in [0.1, 0.15) is 16.8 Å². The number of imidazole rings is 1. The van der Waals surface area contributed by atoms with E-state index in [0.29, 0.717) is 11.6 Å². The Bertz CT molecular complexity index is 742. The first-order valence-corrected chi connectivity index (χ1v) is 5.55. The van der Waals surface area contributed by atoms with Crippen LogP contribution in [-0.4, -0.2) is 34.3 Å². The number of fused-ring (bicyclic) bond motifs is 1. The number of nitrogens with two attached hydrogens (primary N) is 1. The minimum atomic E-state index is 0.155. The fourth-order valence-electron chi connectivity index (χ4n) is 1.69. The molecule has 7 nitrogen and oxygen atoms in total. The van der Waals surface area contributed by atoms with Gasteiger partial charge in [0, 0.05) is 13.2 Å². The van der Waals surface area contributed by atoms with E-state index in [4.69, 9.17) is 18.0 Å². The van der Waals surface area contributed by atoms with Crippen LogP contribution < -0.4 is 5.73 Å². The molecule has 0 spiro atoms. The van der Waals surface area contributed by atoms with E-state index in [1.165, 1.54) is 11.0 Å². The quantitative estimate of drug-likeness (QED) is 0.661. The van der Waals surface area contributed by atoms with Gasteiger partial charge in [-0.15, -0.1) is 5.10 Å². The second-order valence-corrected chi connectivity index (χ2v) is 4.17. The first-order valence-electron chi connectivity index (χ1n) is 5.14. The molecule has 0 radical (unpaired) electrons. The SMILES string of the molecule is Cn1cnc2c(-n3cnc(C(N)=S)n3)nccc21. The zero-order chi connectivity index (χ0) is 12.7. The summed E-state index contributed by atoms with van der Waals surface area (Å²) in [5, 5.41) is 4.17. The molecular weight excluding hydrogens is 250 g/mol. The molecule has 0 aliphatic carbocycles. The maximum Gasteiger partial charge on any atom is 0.208 e. The van der Waals surface area contributed by atoms with Crippen molar-refractivity contribution in [1.82, 2.24) is 29.3 Å². The van der Waals surface area contributed by atoms with Gasteiger partial charge < -0.3 is 10.3 Å². The second kappa shape index (κ2) is 3.84. The van der Waals surface area contributed by atoms with Gasteiger partial charge in [0.15, 0.2) is 5.82 Å². The Morgan fingerprint density at radius 2 is 2.11 bits per heavy atom. The summed E-state index contributed by atoms with van der Waals surface area (Å²) in [6.45, 7) is 0. The number of nitrogens with zero attached hydrogens (tertiary/aromatic N) is 6. The van der Waals surface area contributed by atoms with Gasteiger partial charge in [-0.05, 0) is 6.07 Å². The average molecular weight is 259 g/mol. The number of pyridine rings is 1. The summed E-state index contributed by atoms with van der Waals surface area (Å²) in [5.41, 5.74) is 7.19. The highest BCUT2D eigenvalue weighted by Crippen LogP contribution is 2.16. The normalized spacial score (nSPS) is 10.9. The fourth-order valence-corrected chi connectivity index (χ4v) is 1.79. The highest BCUT2D eigenvalue weighted by Gasteiger charge is 2.11. The van der Waals surface area contributed by atoms with E-state index in [1.807, 2.05) is 17.7 Å². The fraction of sp³-hybridized carbons (Fsp3) is 0.100. The van der Waals surface area contributed by atoms with Crippen LogP contribution in [0.1, 0.15) is 5.82 Å². The predicted octanol–water partition coefficient (Wildman–Crippen LogP) is 0.183. The Hall–Kier alpha value is -2.35. The van der Waals surface area contributed by atoms with Gasteiger partial charge in [0.25, 0.3) is 0 Å². The van der Waals surface area contributed by atoms with Crippen LogP contribution in [0.3, 0.4) is 0 Å². The highest BCUT2D eigenvalue weighted by molar-refractivity contribution is 7.80. The van der Waals surface area contributed by atoms with Crippen LogP contribution in [0.4, 0.5) is 0 Å². The van der Waals surface area contributed by atoms with E-state index in [-0.39, 0.29) is 4.99 Å². The van der Waals surface area contributed by atoms with Crippen LogP contribution in [0.25, 0.3) is 16.9 Å². The van der Waals surface area contributed by atoms with E-state index in [1.54, 1.807) is 12.5 Å². The van der Waals surface area contributed by atoms with Gasteiger partial charge in [0.05, 0.1) is 11.8 Å². The highest BCUT2D eigenvalue weighted by atomic mass is 32.1. The molecule has 0 aliphatic heterocycles. The molecule has 18 heavy (non-hydrogen) atoms. The molecule has 3 rings (SSSR count). The van der Waals surface area contributed by atoms with Crippen LogP contribution >= 0.6 is 12.2 Å². The summed E-state index contributed by atoms with van der Waals surface area (Å²) in [5.74, 6) is 0.919. The standard InChI is InChI=1S/C10H9N7S/c1-16-4-13-7-6(16)2-3-12-10(7)17-5-14-9(15-17)8(11)18/h2-5H,1H3,(H2,11,18). The maximum atomic E-state index is 5.47. The van der Waals surface area contributed by atoms with E-state index in [0.717, 1.165) is 11.0 Å². The summed E-state index contributed by atoms with van der Waals surface area (Å²) < 4.78 is 3.43. The molecule has 0 aliphatic rings. The summed E-state index contributed by atoms with van der Waals surface area (Å²) in [4.78, 5) is 12.7. The molecule has 0 amide bonds. The van der Waals surface area contributed by atoms with Gasteiger partial charge in [-0.2, -0.15) is 4.68 Å². The largest absolute Gasteiger partial charge is 0.387 e. The minimum absolute atomic E-state index is 0.155. The van der Waals surface area contributed by atoms with Crippen molar-refractivity contribution in [2.45, 2.75) is 0 Å². The monoisotopic (exact) mass is 259 g/mol. The van der Waals surface area contributed by atoms with E-state index >= 15 is 0 Å². The Kier molecular flexibility index (Phi) is 2.30. The molecule has 0 saturated heterocycles. The van der Waals surface area contributed by atoms with Crippen molar-refractivity contribution in [2.75, 3.05) is 0 Å². The van der Waals surface area contributed by atoms with E-state index in [9.17, 15) is 0 Å². The lowest BCUT2D eigenvalue weighted by molar-refractivity contribution is 0.848. The lowest BCUT2D eigenvalue weighted by Gasteiger charge is -2.00. The summed E-state index contributed by atoms with van der Waals surface area (Å²) >= 11 is 4.82. The molecule has 2 N–H and O–H groups in total. The lowest BCUT2D eigenvalue weighted by atomic mass is 10.4. The van der Waals surface area contributed by atoms with Crippen molar-refractivity contribution in [3.63, 3.8) is 0 Å². The molecule has 3 heterocycles. The van der Waals surface area contributed by atoms with E-state index in [2.05, 4.69) is 20.1 Å². The van der Waals surface area contributed by atoms with Crippen LogP contribution in [0.5, 0.6) is 0 Å². The topological polar surface area (TPSA) is 87.4 Å². The Morgan fingerprint density at radius 3 is 2.83 bits per heavy atom. The van der Waals surface area contributed by atoms with Crippen LogP contribution in [0, 0.1) is 0 Å². The smallest absolute Gasteiger partial charge is 0.208 e. The molecule has 3 aromatic rings. The molecule has 8 heteroatoms. The summed E-state index contributed by atoms with van der Waals surface area (Å²) in [6.07, 6.45) is 4.94. The first-order chi connectivity index (χ1) is 8.66.